The fraction of sp³-hybridized carbons (Fsp3) is 0.800. The molecule has 1 aliphatic carbocycles. The second-order valence-corrected chi connectivity index (χ2v) is 4.78. The van der Waals surface area contributed by atoms with Crippen molar-refractivity contribution in [3.05, 3.63) is 12.2 Å². The van der Waals surface area contributed by atoms with Gasteiger partial charge in [-0.2, -0.15) is 11.8 Å². The van der Waals surface area contributed by atoms with Crippen LogP contribution in [0.3, 0.4) is 0 Å². The minimum absolute atomic E-state index is 0.207. The zero-order chi connectivity index (χ0) is 9.84. The summed E-state index contributed by atoms with van der Waals surface area (Å²) in [7, 11) is 0. The van der Waals surface area contributed by atoms with Gasteiger partial charge in [0.05, 0.1) is 6.10 Å². The molecule has 2 unspecified atom stereocenters. The van der Waals surface area contributed by atoms with E-state index in [9.17, 15) is 10.2 Å². The van der Waals surface area contributed by atoms with Gasteiger partial charge < -0.3 is 10.2 Å². The molecule has 0 aliphatic heterocycles. The third-order valence-corrected chi connectivity index (χ3v) is 3.79. The summed E-state index contributed by atoms with van der Waals surface area (Å²) >= 11 is 1.85. The van der Waals surface area contributed by atoms with Gasteiger partial charge in [0.2, 0.25) is 0 Å². The van der Waals surface area contributed by atoms with Crippen LogP contribution in [0.5, 0.6) is 0 Å². The molecule has 1 aliphatic rings. The molecule has 0 aromatic carbocycles. The Hall–Kier alpha value is 0.01000. The van der Waals surface area contributed by atoms with Gasteiger partial charge in [0.15, 0.2) is 0 Å². The van der Waals surface area contributed by atoms with E-state index in [1.54, 1.807) is 0 Å². The highest BCUT2D eigenvalue weighted by atomic mass is 32.2. The molecule has 2 nitrogen and oxygen atoms in total. The van der Waals surface area contributed by atoms with E-state index in [0.717, 1.165) is 29.9 Å². The molecule has 13 heavy (non-hydrogen) atoms. The Bertz CT molecular complexity index is 182. The summed E-state index contributed by atoms with van der Waals surface area (Å²) in [5.41, 5.74) is 0.787. The summed E-state index contributed by atoms with van der Waals surface area (Å²) in [5, 5.41) is 19.0. The van der Waals surface area contributed by atoms with Crippen LogP contribution in [0.2, 0.25) is 0 Å². The Morgan fingerprint density at radius 1 is 1.54 bits per heavy atom. The average Bonchev–Trinajstić information content (AvgIpc) is 2.34. The molecule has 0 aromatic rings. The number of rotatable bonds is 4. The van der Waals surface area contributed by atoms with Gasteiger partial charge >= 0.3 is 0 Å². The van der Waals surface area contributed by atoms with Crippen molar-refractivity contribution in [2.45, 2.75) is 32.0 Å². The predicted octanol–water partition coefficient (Wildman–Crippen LogP) is 1.43. The quantitative estimate of drug-likeness (QED) is 0.535. The van der Waals surface area contributed by atoms with Gasteiger partial charge in [-0.1, -0.05) is 13.5 Å². The molecule has 0 heterocycles. The van der Waals surface area contributed by atoms with Crippen LogP contribution >= 0.6 is 11.8 Å². The van der Waals surface area contributed by atoms with Crippen molar-refractivity contribution >= 4 is 11.8 Å². The van der Waals surface area contributed by atoms with Crippen molar-refractivity contribution < 1.29 is 10.2 Å². The second kappa shape index (κ2) is 5.03. The molecule has 2 N–H and O–H groups in total. The molecule has 0 amide bonds. The SMILES string of the molecule is C=C1C[C@H](CSCCC)C(O)C1O. The van der Waals surface area contributed by atoms with Crippen molar-refractivity contribution in [3.63, 3.8) is 0 Å². The summed E-state index contributed by atoms with van der Waals surface area (Å²) in [6.07, 6.45) is 0.667. The van der Waals surface area contributed by atoms with Crippen LogP contribution in [0.15, 0.2) is 12.2 Å². The van der Waals surface area contributed by atoms with Crippen molar-refractivity contribution in [2.75, 3.05) is 11.5 Å². The summed E-state index contributed by atoms with van der Waals surface area (Å²) in [4.78, 5) is 0. The van der Waals surface area contributed by atoms with Crippen LogP contribution < -0.4 is 0 Å². The summed E-state index contributed by atoms with van der Waals surface area (Å²) in [6.45, 7) is 5.89. The zero-order valence-electron chi connectivity index (χ0n) is 8.07. The molecular formula is C10H18O2S. The minimum atomic E-state index is -0.688. The van der Waals surface area contributed by atoms with E-state index in [-0.39, 0.29) is 5.92 Å². The summed E-state index contributed by atoms with van der Waals surface area (Å²) < 4.78 is 0. The van der Waals surface area contributed by atoms with E-state index >= 15 is 0 Å². The number of aliphatic hydroxyl groups excluding tert-OH is 2. The van der Waals surface area contributed by atoms with Crippen molar-refractivity contribution in [1.29, 1.82) is 0 Å². The molecule has 0 bridgehead atoms. The van der Waals surface area contributed by atoms with Gasteiger partial charge in [-0.25, -0.2) is 0 Å². The van der Waals surface area contributed by atoms with Crippen LogP contribution in [-0.2, 0) is 0 Å². The monoisotopic (exact) mass is 202 g/mol. The lowest BCUT2D eigenvalue weighted by molar-refractivity contribution is 0.0378. The minimum Gasteiger partial charge on any atom is -0.390 e. The fourth-order valence-corrected chi connectivity index (χ4v) is 2.69. The van der Waals surface area contributed by atoms with Crippen LogP contribution in [0.25, 0.3) is 0 Å². The molecule has 1 fully saturated rings. The Kier molecular flexibility index (Phi) is 4.29. The molecule has 0 saturated heterocycles. The molecule has 3 atom stereocenters. The molecule has 0 spiro atoms. The first-order valence-electron chi connectivity index (χ1n) is 4.78. The van der Waals surface area contributed by atoms with E-state index in [4.69, 9.17) is 0 Å². The second-order valence-electron chi connectivity index (χ2n) is 3.63. The number of aliphatic hydroxyl groups is 2. The third kappa shape index (κ3) is 2.73. The number of hydrogen-bond acceptors (Lipinski definition) is 3. The molecular weight excluding hydrogens is 184 g/mol. The molecule has 1 rings (SSSR count). The van der Waals surface area contributed by atoms with E-state index in [1.165, 1.54) is 0 Å². The van der Waals surface area contributed by atoms with E-state index in [1.807, 2.05) is 11.8 Å². The van der Waals surface area contributed by atoms with Crippen molar-refractivity contribution in [1.82, 2.24) is 0 Å². The molecule has 1 saturated carbocycles. The lowest BCUT2D eigenvalue weighted by atomic mass is 10.1. The Balaban J connectivity index is 2.31. The Morgan fingerprint density at radius 2 is 2.23 bits per heavy atom. The van der Waals surface area contributed by atoms with Gasteiger partial charge in [-0.05, 0) is 29.9 Å². The van der Waals surface area contributed by atoms with Crippen LogP contribution in [0.4, 0.5) is 0 Å². The Morgan fingerprint density at radius 3 is 2.69 bits per heavy atom. The maximum absolute atomic E-state index is 9.60. The van der Waals surface area contributed by atoms with E-state index in [2.05, 4.69) is 13.5 Å². The first kappa shape index (κ1) is 11.1. The highest BCUT2D eigenvalue weighted by Crippen LogP contribution is 2.32. The summed E-state index contributed by atoms with van der Waals surface area (Å²) in [5.74, 6) is 2.27. The zero-order valence-corrected chi connectivity index (χ0v) is 8.89. The third-order valence-electron chi connectivity index (χ3n) is 2.43. The standard InChI is InChI=1S/C10H18O2S/c1-3-4-13-6-8-5-7(2)9(11)10(8)12/h8-12H,2-6H2,1H3/t8-,9?,10?/m1/s1. The first-order valence-corrected chi connectivity index (χ1v) is 5.93. The molecule has 76 valence electrons. The van der Waals surface area contributed by atoms with Crippen LogP contribution in [-0.4, -0.2) is 33.9 Å². The van der Waals surface area contributed by atoms with Crippen molar-refractivity contribution in [2.24, 2.45) is 5.92 Å². The molecule has 0 aromatic heterocycles. The van der Waals surface area contributed by atoms with Crippen LogP contribution in [0, 0.1) is 5.92 Å². The molecule has 0 radical (unpaired) electrons. The maximum Gasteiger partial charge on any atom is 0.101 e. The van der Waals surface area contributed by atoms with E-state index in [0.29, 0.717) is 0 Å². The van der Waals surface area contributed by atoms with Gasteiger partial charge in [0.25, 0.3) is 0 Å². The largest absolute Gasteiger partial charge is 0.390 e. The smallest absolute Gasteiger partial charge is 0.101 e. The highest BCUT2D eigenvalue weighted by Gasteiger charge is 2.35. The van der Waals surface area contributed by atoms with Gasteiger partial charge in [0.1, 0.15) is 6.10 Å². The Labute approximate surface area is 84.0 Å². The number of hydrogen-bond donors (Lipinski definition) is 2. The van der Waals surface area contributed by atoms with Crippen LogP contribution in [0.1, 0.15) is 19.8 Å². The summed E-state index contributed by atoms with van der Waals surface area (Å²) in [6, 6.07) is 0. The lowest BCUT2D eigenvalue weighted by Gasteiger charge is -2.14. The molecule has 3 heteroatoms. The number of thioether (sulfide) groups is 1. The average molecular weight is 202 g/mol. The maximum atomic E-state index is 9.60. The highest BCUT2D eigenvalue weighted by molar-refractivity contribution is 7.99. The topological polar surface area (TPSA) is 40.5 Å². The van der Waals surface area contributed by atoms with Gasteiger partial charge in [-0.15, -0.1) is 0 Å². The van der Waals surface area contributed by atoms with Gasteiger partial charge in [-0.3, -0.25) is 0 Å². The van der Waals surface area contributed by atoms with Crippen molar-refractivity contribution in [3.8, 4) is 0 Å². The fourth-order valence-electron chi connectivity index (χ4n) is 1.61. The first-order chi connectivity index (χ1) is 6.16. The lowest BCUT2D eigenvalue weighted by Crippen LogP contribution is -2.26. The van der Waals surface area contributed by atoms with E-state index < -0.39 is 12.2 Å². The van der Waals surface area contributed by atoms with Gasteiger partial charge in [0, 0.05) is 5.92 Å². The normalized spacial score (nSPS) is 34.1. The predicted molar refractivity (Wildman–Crippen MR) is 56.9 cm³/mol.